The zero-order chi connectivity index (χ0) is 14.9. The topological polar surface area (TPSA) is 59.3 Å². The lowest BCUT2D eigenvalue weighted by Crippen LogP contribution is -2.42. The van der Waals surface area contributed by atoms with Crippen LogP contribution in [0, 0.1) is 23.0 Å². The van der Waals surface area contributed by atoms with Crippen LogP contribution in [0.3, 0.4) is 0 Å². The monoisotopic (exact) mass is 289 g/mol. The number of nitro groups is 1. The molecule has 1 aliphatic heterocycles. The molecule has 1 aromatic heterocycles. The minimum absolute atomic E-state index is 0.117. The predicted octanol–water partition coefficient (Wildman–Crippen LogP) is 3.08. The number of halogens is 3. The summed E-state index contributed by atoms with van der Waals surface area (Å²) in [5, 5.41) is 10.7. The van der Waals surface area contributed by atoms with E-state index in [0.717, 1.165) is 0 Å². The number of rotatable bonds is 2. The number of alkyl halides is 3. The normalized spacial score (nSPS) is 20.0. The van der Waals surface area contributed by atoms with E-state index in [4.69, 9.17) is 0 Å². The highest BCUT2D eigenvalue weighted by molar-refractivity contribution is 5.47. The molecule has 0 spiro atoms. The summed E-state index contributed by atoms with van der Waals surface area (Å²) in [5.41, 5.74) is 0.0831. The molecular formula is C12H14F3N3O2. The second-order valence-electron chi connectivity index (χ2n) is 4.86. The lowest BCUT2D eigenvalue weighted by atomic mass is 9.97. The van der Waals surface area contributed by atoms with Gasteiger partial charge >= 0.3 is 6.18 Å². The van der Waals surface area contributed by atoms with E-state index in [2.05, 4.69) is 4.98 Å². The van der Waals surface area contributed by atoms with Gasteiger partial charge in [-0.15, -0.1) is 0 Å². The summed E-state index contributed by atoms with van der Waals surface area (Å²) in [6, 6.07) is 2.69. The first-order chi connectivity index (χ1) is 9.29. The molecule has 0 amide bonds. The Morgan fingerprint density at radius 1 is 1.45 bits per heavy atom. The van der Waals surface area contributed by atoms with Gasteiger partial charge in [-0.1, -0.05) is 0 Å². The Morgan fingerprint density at radius 3 is 2.70 bits per heavy atom. The number of nitrogens with zero attached hydrogens (tertiary/aromatic N) is 3. The van der Waals surface area contributed by atoms with Gasteiger partial charge in [0.05, 0.1) is 10.8 Å². The zero-order valence-corrected chi connectivity index (χ0v) is 10.9. The fourth-order valence-electron chi connectivity index (χ4n) is 2.36. The number of aromatic nitrogens is 1. The van der Waals surface area contributed by atoms with Crippen LogP contribution in [0.2, 0.25) is 0 Å². The number of piperidine rings is 1. The highest BCUT2D eigenvalue weighted by atomic mass is 19.4. The van der Waals surface area contributed by atoms with Gasteiger partial charge in [0, 0.05) is 19.2 Å². The Kier molecular flexibility index (Phi) is 3.82. The largest absolute Gasteiger partial charge is 0.393 e. The van der Waals surface area contributed by atoms with E-state index >= 15 is 0 Å². The van der Waals surface area contributed by atoms with Crippen molar-refractivity contribution in [3.63, 3.8) is 0 Å². The summed E-state index contributed by atoms with van der Waals surface area (Å²) in [6.07, 6.45) is -3.66. The standard InChI is InChI=1S/C12H14F3N3O2/c1-8-10(18(19)20)4-5-11(16-8)17-6-2-3-9(7-17)12(13,14)15/h4-5,9H,2-3,6-7H2,1H3. The van der Waals surface area contributed by atoms with Crippen LogP contribution in [0.15, 0.2) is 12.1 Å². The van der Waals surface area contributed by atoms with Gasteiger partial charge < -0.3 is 4.90 Å². The Balaban J connectivity index is 2.19. The Morgan fingerprint density at radius 2 is 2.15 bits per heavy atom. The van der Waals surface area contributed by atoms with Crippen LogP contribution in [0.4, 0.5) is 24.7 Å². The molecule has 0 aliphatic carbocycles. The number of hydrogen-bond donors (Lipinski definition) is 0. The van der Waals surface area contributed by atoms with Crippen LogP contribution in [-0.2, 0) is 0 Å². The SMILES string of the molecule is Cc1nc(N2CCCC(C(F)(F)F)C2)ccc1[N+](=O)[O-]. The lowest BCUT2D eigenvalue weighted by molar-refractivity contribution is -0.385. The fraction of sp³-hybridized carbons (Fsp3) is 0.583. The molecule has 0 saturated carbocycles. The Labute approximate surface area is 113 Å². The van der Waals surface area contributed by atoms with Crippen LogP contribution in [-0.4, -0.2) is 29.2 Å². The van der Waals surface area contributed by atoms with Crippen LogP contribution in [0.5, 0.6) is 0 Å². The fourth-order valence-corrected chi connectivity index (χ4v) is 2.36. The maximum atomic E-state index is 12.7. The predicted molar refractivity (Wildman–Crippen MR) is 66.6 cm³/mol. The first-order valence-electron chi connectivity index (χ1n) is 6.22. The molecule has 8 heteroatoms. The minimum atomic E-state index is -4.21. The molecule has 1 unspecified atom stereocenters. The van der Waals surface area contributed by atoms with E-state index in [1.54, 1.807) is 4.90 Å². The van der Waals surface area contributed by atoms with Crippen molar-refractivity contribution in [1.29, 1.82) is 0 Å². The van der Waals surface area contributed by atoms with E-state index in [-0.39, 0.29) is 24.3 Å². The number of hydrogen-bond acceptors (Lipinski definition) is 4. The van der Waals surface area contributed by atoms with Crippen LogP contribution < -0.4 is 4.90 Å². The van der Waals surface area contributed by atoms with Crippen LogP contribution in [0.1, 0.15) is 18.5 Å². The molecule has 1 saturated heterocycles. The molecule has 1 atom stereocenters. The van der Waals surface area contributed by atoms with Crippen LogP contribution >= 0.6 is 0 Å². The van der Waals surface area contributed by atoms with Gasteiger partial charge in [-0.2, -0.15) is 13.2 Å². The molecule has 1 aliphatic rings. The van der Waals surface area contributed by atoms with E-state index < -0.39 is 17.0 Å². The number of pyridine rings is 1. The third kappa shape index (κ3) is 3.00. The molecule has 1 aromatic rings. The van der Waals surface area contributed by atoms with Crippen molar-refractivity contribution < 1.29 is 18.1 Å². The van der Waals surface area contributed by atoms with Gasteiger partial charge in [0.15, 0.2) is 0 Å². The van der Waals surface area contributed by atoms with Gasteiger partial charge in [-0.05, 0) is 25.8 Å². The summed E-state index contributed by atoms with van der Waals surface area (Å²) in [7, 11) is 0. The van der Waals surface area contributed by atoms with Crippen molar-refractivity contribution in [2.24, 2.45) is 5.92 Å². The maximum Gasteiger partial charge on any atom is 0.393 e. The summed E-state index contributed by atoms with van der Waals surface area (Å²) in [4.78, 5) is 15.7. The molecule has 2 heterocycles. The number of aryl methyl sites for hydroxylation is 1. The van der Waals surface area contributed by atoms with E-state index in [9.17, 15) is 23.3 Å². The summed E-state index contributed by atoms with van der Waals surface area (Å²) >= 11 is 0. The average molecular weight is 289 g/mol. The Hall–Kier alpha value is -1.86. The molecule has 20 heavy (non-hydrogen) atoms. The van der Waals surface area contributed by atoms with E-state index in [1.165, 1.54) is 19.1 Å². The average Bonchev–Trinajstić information content (AvgIpc) is 2.37. The molecule has 0 radical (unpaired) electrons. The first-order valence-corrected chi connectivity index (χ1v) is 6.22. The van der Waals surface area contributed by atoms with E-state index in [1.807, 2.05) is 0 Å². The second-order valence-corrected chi connectivity index (χ2v) is 4.86. The lowest BCUT2D eigenvalue weighted by Gasteiger charge is -2.34. The van der Waals surface area contributed by atoms with Gasteiger partial charge in [0.1, 0.15) is 11.5 Å². The van der Waals surface area contributed by atoms with Gasteiger partial charge in [-0.25, -0.2) is 4.98 Å². The van der Waals surface area contributed by atoms with Crippen molar-refractivity contribution >= 4 is 11.5 Å². The van der Waals surface area contributed by atoms with Crippen molar-refractivity contribution in [2.75, 3.05) is 18.0 Å². The highest BCUT2D eigenvalue weighted by Crippen LogP contribution is 2.34. The van der Waals surface area contributed by atoms with Gasteiger partial charge in [0.2, 0.25) is 0 Å². The first kappa shape index (κ1) is 14.5. The van der Waals surface area contributed by atoms with E-state index in [0.29, 0.717) is 18.8 Å². The summed E-state index contributed by atoms with van der Waals surface area (Å²) in [5.74, 6) is -1.00. The van der Waals surface area contributed by atoms with Crippen LogP contribution in [0.25, 0.3) is 0 Å². The molecule has 110 valence electrons. The second kappa shape index (κ2) is 5.26. The van der Waals surface area contributed by atoms with Crippen molar-refractivity contribution in [3.05, 3.63) is 27.9 Å². The molecule has 0 aromatic carbocycles. The maximum absolute atomic E-state index is 12.7. The summed E-state index contributed by atoms with van der Waals surface area (Å²) < 4.78 is 38.2. The third-order valence-corrected chi connectivity index (χ3v) is 3.45. The third-order valence-electron chi connectivity index (χ3n) is 3.45. The summed E-state index contributed by atoms with van der Waals surface area (Å²) in [6.45, 7) is 1.82. The van der Waals surface area contributed by atoms with Crippen molar-refractivity contribution in [1.82, 2.24) is 4.98 Å². The molecule has 0 bridgehead atoms. The van der Waals surface area contributed by atoms with Crippen molar-refractivity contribution in [2.45, 2.75) is 25.9 Å². The molecule has 5 nitrogen and oxygen atoms in total. The highest BCUT2D eigenvalue weighted by Gasteiger charge is 2.42. The zero-order valence-electron chi connectivity index (χ0n) is 10.9. The molecular weight excluding hydrogens is 275 g/mol. The minimum Gasteiger partial charge on any atom is -0.356 e. The Bertz CT molecular complexity index is 519. The molecule has 0 N–H and O–H groups in total. The quantitative estimate of drug-likeness (QED) is 0.620. The number of anilines is 1. The smallest absolute Gasteiger partial charge is 0.356 e. The van der Waals surface area contributed by atoms with Gasteiger partial charge in [-0.3, -0.25) is 10.1 Å². The van der Waals surface area contributed by atoms with Gasteiger partial charge in [0.25, 0.3) is 5.69 Å². The molecule has 2 rings (SSSR count). The molecule has 1 fully saturated rings. The van der Waals surface area contributed by atoms with Crippen molar-refractivity contribution in [3.8, 4) is 0 Å².